The molecule has 0 fully saturated rings. The molecular formula is C19H21F3N2O5. The molecule has 7 nitrogen and oxygen atoms in total. The molecule has 0 saturated heterocycles. The number of rotatable bonds is 7. The number of fused-ring (bicyclic) bond motifs is 1. The van der Waals surface area contributed by atoms with Crippen molar-refractivity contribution in [2.24, 2.45) is 0 Å². The first-order valence-corrected chi connectivity index (χ1v) is 9.09. The SMILES string of the molecule is O=C(COC(=O)CCC(=O)c1ccc2c(c1)CCCC2)NC(=O)NCC(F)(F)F. The summed E-state index contributed by atoms with van der Waals surface area (Å²) in [5.41, 5.74) is 2.89. The molecule has 1 aromatic carbocycles. The van der Waals surface area contributed by atoms with E-state index < -0.39 is 37.2 Å². The number of carbonyl (C=O) groups excluding carboxylic acids is 4. The number of Topliss-reactive ketones (excluding diaryl/α,β-unsaturated/α-hetero) is 1. The van der Waals surface area contributed by atoms with Crippen molar-refractivity contribution in [2.45, 2.75) is 44.7 Å². The van der Waals surface area contributed by atoms with E-state index in [0.717, 1.165) is 31.2 Å². The molecule has 0 spiro atoms. The van der Waals surface area contributed by atoms with E-state index >= 15 is 0 Å². The fraction of sp³-hybridized carbons (Fsp3) is 0.474. The molecule has 0 bridgehead atoms. The van der Waals surface area contributed by atoms with Gasteiger partial charge in [-0.25, -0.2) is 4.79 Å². The largest absolute Gasteiger partial charge is 0.456 e. The van der Waals surface area contributed by atoms with Gasteiger partial charge in [-0.1, -0.05) is 12.1 Å². The van der Waals surface area contributed by atoms with Crippen LogP contribution in [0, 0.1) is 0 Å². The lowest BCUT2D eigenvalue weighted by molar-refractivity contribution is -0.148. The van der Waals surface area contributed by atoms with E-state index in [4.69, 9.17) is 0 Å². The maximum absolute atomic E-state index is 12.2. The molecule has 3 amide bonds. The lowest BCUT2D eigenvalue weighted by Crippen LogP contribution is -2.44. The molecule has 0 atom stereocenters. The van der Waals surface area contributed by atoms with Crippen LogP contribution in [0.2, 0.25) is 0 Å². The molecule has 1 aliphatic rings. The standard InChI is InChI=1S/C19H21F3N2O5/c20-19(21,22)11-23-18(28)24-16(26)10-29-17(27)8-7-15(25)14-6-5-12-3-1-2-4-13(12)9-14/h5-6,9H,1-4,7-8,10-11H2,(H2,23,24,26,28). The first-order valence-electron chi connectivity index (χ1n) is 9.09. The Kier molecular flexibility index (Phi) is 7.74. The monoisotopic (exact) mass is 414 g/mol. The molecule has 2 rings (SSSR count). The van der Waals surface area contributed by atoms with Gasteiger partial charge in [0, 0.05) is 12.0 Å². The van der Waals surface area contributed by atoms with Gasteiger partial charge in [-0.3, -0.25) is 19.7 Å². The van der Waals surface area contributed by atoms with Crippen LogP contribution in [0.1, 0.15) is 47.2 Å². The summed E-state index contributed by atoms with van der Waals surface area (Å²) in [7, 11) is 0. The molecular weight excluding hydrogens is 393 g/mol. The van der Waals surface area contributed by atoms with E-state index in [0.29, 0.717) is 5.56 Å². The molecule has 0 aromatic heterocycles. The molecule has 158 valence electrons. The van der Waals surface area contributed by atoms with E-state index in [1.807, 2.05) is 12.1 Å². The molecule has 0 radical (unpaired) electrons. The highest BCUT2D eigenvalue weighted by Gasteiger charge is 2.28. The highest BCUT2D eigenvalue weighted by molar-refractivity contribution is 5.98. The number of nitrogens with one attached hydrogen (secondary N) is 2. The molecule has 10 heteroatoms. The van der Waals surface area contributed by atoms with Crippen molar-refractivity contribution in [3.8, 4) is 0 Å². The molecule has 0 saturated carbocycles. The quantitative estimate of drug-likeness (QED) is 0.527. The van der Waals surface area contributed by atoms with Crippen LogP contribution in [0.15, 0.2) is 18.2 Å². The molecule has 0 unspecified atom stereocenters. The summed E-state index contributed by atoms with van der Waals surface area (Å²) in [6.45, 7) is -2.44. The Morgan fingerprint density at radius 2 is 1.69 bits per heavy atom. The number of urea groups is 1. The maximum atomic E-state index is 12.2. The number of imide groups is 1. The highest BCUT2D eigenvalue weighted by atomic mass is 19.4. The van der Waals surface area contributed by atoms with Crippen LogP contribution >= 0.6 is 0 Å². The lowest BCUT2D eigenvalue weighted by Gasteiger charge is -2.16. The van der Waals surface area contributed by atoms with Gasteiger partial charge in [0.2, 0.25) is 0 Å². The van der Waals surface area contributed by atoms with Gasteiger partial charge < -0.3 is 10.1 Å². The minimum Gasteiger partial charge on any atom is -0.456 e. The Balaban J connectivity index is 1.69. The summed E-state index contributed by atoms with van der Waals surface area (Å²) in [6, 6.07) is 4.14. The third-order valence-electron chi connectivity index (χ3n) is 4.29. The van der Waals surface area contributed by atoms with Gasteiger partial charge in [0.25, 0.3) is 5.91 Å². The Labute approximate surface area is 165 Å². The van der Waals surface area contributed by atoms with Crippen LogP contribution in [0.3, 0.4) is 0 Å². The third kappa shape index (κ3) is 7.92. The van der Waals surface area contributed by atoms with Gasteiger partial charge in [-0.2, -0.15) is 13.2 Å². The third-order valence-corrected chi connectivity index (χ3v) is 4.29. The van der Waals surface area contributed by atoms with Gasteiger partial charge >= 0.3 is 18.2 Å². The van der Waals surface area contributed by atoms with Gasteiger partial charge in [-0.15, -0.1) is 0 Å². The lowest BCUT2D eigenvalue weighted by atomic mass is 9.89. The second kappa shape index (κ2) is 10.0. The molecule has 1 aliphatic carbocycles. The predicted molar refractivity (Wildman–Crippen MR) is 95.2 cm³/mol. The summed E-state index contributed by atoms with van der Waals surface area (Å²) < 4.78 is 40.4. The summed E-state index contributed by atoms with van der Waals surface area (Å²) in [5, 5.41) is 3.03. The van der Waals surface area contributed by atoms with Crippen LogP contribution in [0.4, 0.5) is 18.0 Å². The number of alkyl halides is 3. The number of ether oxygens (including phenoxy) is 1. The van der Waals surface area contributed by atoms with Crippen molar-refractivity contribution in [1.82, 2.24) is 10.6 Å². The van der Waals surface area contributed by atoms with Crippen LogP contribution in [-0.2, 0) is 27.2 Å². The van der Waals surface area contributed by atoms with Crippen molar-refractivity contribution in [3.05, 3.63) is 34.9 Å². The molecule has 1 aromatic rings. The van der Waals surface area contributed by atoms with Crippen molar-refractivity contribution in [3.63, 3.8) is 0 Å². The van der Waals surface area contributed by atoms with Gasteiger partial charge in [0.05, 0.1) is 6.42 Å². The minimum atomic E-state index is -4.61. The molecule has 2 N–H and O–H groups in total. The Bertz CT molecular complexity index is 793. The maximum Gasteiger partial charge on any atom is 0.405 e. The van der Waals surface area contributed by atoms with E-state index in [-0.39, 0.29) is 18.6 Å². The zero-order chi connectivity index (χ0) is 21.4. The number of hydrogen-bond donors (Lipinski definition) is 2. The second-order valence-electron chi connectivity index (χ2n) is 6.62. The van der Waals surface area contributed by atoms with Crippen molar-refractivity contribution >= 4 is 23.7 Å². The van der Waals surface area contributed by atoms with Crippen molar-refractivity contribution < 1.29 is 37.1 Å². The van der Waals surface area contributed by atoms with Gasteiger partial charge in [-0.05, 0) is 42.9 Å². The van der Waals surface area contributed by atoms with Crippen molar-refractivity contribution in [1.29, 1.82) is 0 Å². The van der Waals surface area contributed by atoms with E-state index in [1.54, 1.807) is 11.4 Å². The number of esters is 1. The number of carbonyl (C=O) groups is 4. The zero-order valence-electron chi connectivity index (χ0n) is 15.6. The topological polar surface area (TPSA) is 102 Å². The first-order chi connectivity index (χ1) is 13.6. The Morgan fingerprint density at radius 1 is 1.00 bits per heavy atom. The molecule has 29 heavy (non-hydrogen) atoms. The molecule has 0 aliphatic heterocycles. The van der Waals surface area contributed by atoms with E-state index in [9.17, 15) is 32.3 Å². The summed E-state index contributed by atoms with van der Waals surface area (Å²) >= 11 is 0. The average molecular weight is 414 g/mol. The summed E-state index contributed by atoms with van der Waals surface area (Å²) in [5.74, 6) is -2.15. The number of ketones is 1. The Morgan fingerprint density at radius 3 is 2.38 bits per heavy atom. The zero-order valence-corrected chi connectivity index (χ0v) is 15.6. The van der Waals surface area contributed by atoms with Crippen LogP contribution < -0.4 is 10.6 Å². The summed E-state index contributed by atoms with van der Waals surface area (Å²) in [6.07, 6.45) is -0.861. The number of amides is 3. The highest BCUT2D eigenvalue weighted by Crippen LogP contribution is 2.23. The number of halogens is 3. The average Bonchev–Trinajstić information content (AvgIpc) is 2.68. The van der Waals surface area contributed by atoms with E-state index in [2.05, 4.69) is 4.74 Å². The van der Waals surface area contributed by atoms with Crippen LogP contribution in [0.5, 0.6) is 0 Å². The minimum absolute atomic E-state index is 0.106. The number of benzene rings is 1. The predicted octanol–water partition coefficient (Wildman–Crippen LogP) is 2.46. The number of aryl methyl sites for hydroxylation is 2. The van der Waals surface area contributed by atoms with Crippen molar-refractivity contribution in [2.75, 3.05) is 13.2 Å². The fourth-order valence-corrected chi connectivity index (χ4v) is 2.87. The normalized spacial score (nSPS) is 13.2. The summed E-state index contributed by atoms with van der Waals surface area (Å²) in [4.78, 5) is 46.4. The van der Waals surface area contributed by atoms with E-state index in [1.165, 1.54) is 10.9 Å². The number of hydrogen-bond acceptors (Lipinski definition) is 5. The first kappa shape index (κ1) is 22.4. The fourth-order valence-electron chi connectivity index (χ4n) is 2.87. The second-order valence-corrected chi connectivity index (χ2v) is 6.62. The molecule has 0 heterocycles. The smallest absolute Gasteiger partial charge is 0.405 e. The van der Waals surface area contributed by atoms with Crippen LogP contribution in [0.25, 0.3) is 0 Å². The Hall–Kier alpha value is -2.91. The van der Waals surface area contributed by atoms with Gasteiger partial charge in [0.15, 0.2) is 12.4 Å². The van der Waals surface area contributed by atoms with Crippen LogP contribution in [-0.4, -0.2) is 43.0 Å². The van der Waals surface area contributed by atoms with Gasteiger partial charge in [0.1, 0.15) is 6.54 Å².